The fraction of sp³-hybridized carbons (Fsp3) is 0.182. The molecule has 2 aromatic carbocycles. The van der Waals surface area contributed by atoms with E-state index in [2.05, 4.69) is 34.3 Å². The van der Waals surface area contributed by atoms with Gasteiger partial charge < -0.3 is 15.0 Å². The van der Waals surface area contributed by atoms with Crippen LogP contribution in [0.3, 0.4) is 0 Å². The van der Waals surface area contributed by atoms with E-state index in [9.17, 15) is 4.79 Å². The van der Waals surface area contributed by atoms with Crippen molar-refractivity contribution in [3.8, 4) is 5.75 Å². The largest absolute Gasteiger partial charge is 0.497 e. The summed E-state index contributed by atoms with van der Waals surface area (Å²) in [7, 11) is 1.58. The van der Waals surface area contributed by atoms with Gasteiger partial charge in [0.05, 0.1) is 19.0 Å². The Morgan fingerprint density at radius 2 is 1.89 bits per heavy atom. The molecule has 27 heavy (non-hydrogen) atoms. The molecule has 0 aliphatic heterocycles. The number of hydrogen-bond acceptors (Lipinski definition) is 4. The highest BCUT2D eigenvalue weighted by atomic mass is 16.5. The third-order valence-electron chi connectivity index (χ3n) is 4.28. The van der Waals surface area contributed by atoms with Crippen LogP contribution in [0.2, 0.25) is 0 Å². The van der Waals surface area contributed by atoms with E-state index in [1.54, 1.807) is 37.6 Å². The zero-order valence-corrected chi connectivity index (χ0v) is 15.6. The maximum Gasteiger partial charge on any atom is 0.256 e. The number of rotatable bonds is 7. The molecule has 0 unspecified atom stereocenters. The predicted octanol–water partition coefficient (Wildman–Crippen LogP) is 4.37. The minimum absolute atomic E-state index is 0.217. The molecule has 1 aromatic heterocycles. The summed E-state index contributed by atoms with van der Waals surface area (Å²) in [4.78, 5) is 19.0. The molecule has 5 nitrogen and oxygen atoms in total. The molecule has 1 heterocycles. The Hall–Kier alpha value is -3.34. The van der Waals surface area contributed by atoms with E-state index < -0.39 is 0 Å². The number of carbonyl (C=O) groups is 1. The van der Waals surface area contributed by atoms with Crippen LogP contribution in [0.25, 0.3) is 0 Å². The molecule has 0 radical (unpaired) electrons. The van der Waals surface area contributed by atoms with Gasteiger partial charge in [-0.2, -0.15) is 0 Å². The summed E-state index contributed by atoms with van der Waals surface area (Å²) in [6.07, 6.45) is 1.79. The Kier molecular flexibility index (Phi) is 6.05. The molecular weight excluding hydrogens is 338 g/mol. The lowest BCUT2D eigenvalue weighted by Crippen LogP contribution is -2.22. The average Bonchev–Trinajstić information content (AvgIpc) is 2.73. The zero-order valence-electron chi connectivity index (χ0n) is 15.6. The van der Waals surface area contributed by atoms with Crippen LogP contribution in [0.5, 0.6) is 5.75 Å². The first-order valence-electron chi connectivity index (χ1n) is 8.90. The smallest absolute Gasteiger partial charge is 0.256 e. The van der Waals surface area contributed by atoms with Gasteiger partial charge in [-0.1, -0.05) is 36.4 Å². The van der Waals surface area contributed by atoms with Gasteiger partial charge in [0.15, 0.2) is 0 Å². The van der Waals surface area contributed by atoms with E-state index in [-0.39, 0.29) is 5.91 Å². The monoisotopic (exact) mass is 361 g/mol. The molecule has 1 N–H and O–H groups in total. The van der Waals surface area contributed by atoms with Crippen molar-refractivity contribution in [1.82, 2.24) is 4.98 Å². The number of nitrogens with one attached hydrogen (secondary N) is 1. The van der Waals surface area contributed by atoms with Crippen molar-refractivity contribution < 1.29 is 9.53 Å². The van der Waals surface area contributed by atoms with Crippen LogP contribution in [0.15, 0.2) is 72.9 Å². The van der Waals surface area contributed by atoms with Gasteiger partial charge in [0.2, 0.25) is 0 Å². The number of hydrogen-bond donors (Lipinski definition) is 1. The fourth-order valence-electron chi connectivity index (χ4n) is 2.79. The van der Waals surface area contributed by atoms with Crippen molar-refractivity contribution in [3.63, 3.8) is 0 Å². The van der Waals surface area contributed by atoms with Gasteiger partial charge in [-0.3, -0.25) is 4.79 Å². The van der Waals surface area contributed by atoms with E-state index in [0.29, 0.717) is 17.1 Å². The predicted molar refractivity (Wildman–Crippen MR) is 108 cm³/mol. The summed E-state index contributed by atoms with van der Waals surface area (Å²) in [5, 5.41) is 2.82. The Balaban J connectivity index is 1.67. The lowest BCUT2D eigenvalue weighted by atomic mass is 10.2. The first kappa shape index (κ1) is 18.5. The van der Waals surface area contributed by atoms with Gasteiger partial charge in [0.1, 0.15) is 11.6 Å². The number of carbonyl (C=O) groups excluding carboxylic acids is 1. The number of pyridine rings is 1. The topological polar surface area (TPSA) is 54.5 Å². The van der Waals surface area contributed by atoms with Crippen molar-refractivity contribution in [2.75, 3.05) is 23.9 Å². The van der Waals surface area contributed by atoms with Gasteiger partial charge in [0.25, 0.3) is 5.91 Å². The van der Waals surface area contributed by atoms with Crippen molar-refractivity contribution in [2.45, 2.75) is 13.5 Å². The molecule has 0 atom stereocenters. The number of benzene rings is 2. The van der Waals surface area contributed by atoms with E-state index >= 15 is 0 Å². The summed E-state index contributed by atoms with van der Waals surface area (Å²) >= 11 is 0. The Morgan fingerprint density at radius 3 is 2.56 bits per heavy atom. The number of nitrogens with zero attached hydrogens (tertiary/aromatic N) is 2. The van der Waals surface area contributed by atoms with Crippen molar-refractivity contribution >= 4 is 17.4 Å². The second kappa shape index (κ2) is 8.85. The molecule has 138 valence electrons. The Labute approximate surface area is 159 Å². The van der Waals surface area contributed by atoms with Crippen LogP contribution >= 0.6 is 0 Å². The molecule has 3 rings (SSSR count). The van der Waals surface area contributed by atoms with E-state index in [1.165, 1.54) is 5.56 Å². The minimum Gasteiger partial charge on any atom is -0.497 e. The highest BCUT2D eigenvalue weighted by Gasteiger charge is 2.10. The maximum atomic E-state index is 12.4. The molecule has 0 aliphatic rings. The quantitative estimate of drug-likeness (QED) is 0.679. The van der Waals surface area contributed by atoms with Crippen LogP contribution < -0.4 is 15.0 Å². The maximum absolute atomic E-state index is 12.4. The molecule has 0 bridgehead atoms. The van der Waals surface area contributed by atoms with Crippen molar-refractivity contribution in [2.24, 2.45) is 0 Å². The minimum atomic E-state index is -0.217. The van der Waals surface area contributed by atoms with Crippen LogP contribution in [-0.2, 0) is 6.54 Å². The number of methoxy groups -OCH3 is 1. The van der Waals surface area contributed by atoms with Gasteiger partial charge in [-0.05, 0) is 42.8 Å². The molecule has 0 spiro atoms. The summed E-state index contributed by atoms with van der Waals surface area (Å²) < 4.78 is 5.16. The second-order valence-electron chi connectivity index (χ2n) is 6.09. The third kappa shape index (κ3) is 4.85. The van der Waals surface area contributed by atoms with Crippen LogP contribution in [0.4, 0.5) is 11.5 Å². The SMILES string of the molecule is CCN(Cc1ccccc1)c1ccc(NC(=O)c2cccc(OC)c2)nc1. The van der Waals surface area contributed by atoms with Gasteiger partial charge in [0, 0.05) is 18.7 Å². The highest BCUT2D eigenvalue weighted by Crippen LogP contribution is 2.19. The Bertz CT molecular complexity index is 880. The number of amides is 1. The lowest BCUT2D eigenvalue weighted by molar-refractivity contribution is 0.102. The highest BCUT2D eigenvalue weighted by molar-refractivity contribution is 6.04. The zero-order chi connectivity index (χ0) is 19.1. The lowest BCUT2D eigenvalue weighted by Gasteiger charge is -2.23. The van der Waals surface area contributed by atoms with Crippen LogP contribution in [0.1, 0.15) is 22.8 Å². The summed E-state index contributed by atoms with van der Waals surface area (Å²) in [5.41, 5.74) is 2.79. The first-order valence-corrected chi connectivity index (χ1v) is 8.90. The number of aromatic nitrogens is 1. The van der Waals surface area contributed by atoms with E-state index in [0.717, 1.165) is 18.8 Å². The molecule has 0 saturated carbocycles. The second-order valence-corrected chi connectivity index (χ2v) is 6.09. The molecule has 1 amide bonds. The number of anilines is 2. The van der Waals surface area contributed by atoms with E-state index in [4.69, 9.17) is 4.74 Å². The molecular formula is C22H23N3O2. The average molecular weight is 361 g/mol. The Morgan fingerprint density at radius 1 is 1.07 bits per heavy atom. The van der Waals surface area contributed by atoms with Crippen molar-refractivity contribution in [3.05, 3.63) is 84.1 Å². The normalized spacial score (nSPS) is 10.3. The molecule has 0 saturated heterocycles. The number of ether oxygens (including phenoxy) is 1. The molecule has 0 aliphatic carbocycles. The van der Waals surface area contributed by atoms with Crippen molar-refractivity contribution in [1.29, 1.82) is 0 Å². The summed E-state index contributed by atoms with van der Waals surface area (Å²) in [6.45, 7) is 3.79. The standard InChI is InChI=1S/C22H23N3O2/c1-3-25(16-17-8-5-4-6-9-17)19-12-13-21(23-15-19)24-22(26)18-10-7-11-20(14-18)27-2/h4-15H,3,16H2,1-2H3,(H,23,24,26). The third-order valence-corrected chi connectivity index (χ3v) is 4.28. The van der Waals surface area contributed by atoms with Gasteiger partial charge >= 0.3 is 0 Å². The molecule has 0 fully saturated rings. The molecule has 3 aromatic rings. The van der Waals surface area contributed by atoms with Crippen LogP contribution in [0, 0.1) is 0 Å². The van der Waals surface area contributed by atoms with Crippen LogP contribution in [-0.4, -0.2) is 24.5 Å². The van der Waals surface area contributed by atoms with Gasteiger partial charge in [-0.25, -0.2) is 4.98 Å². The summed E-state index contributed by atoms with van der Waals surface area (Å²) in [5.74, 6) is 0.943. The fourth-order valence-corrected chi connectivity index (χ4v) is 2.79. The van der Waals surface area contributed by atoms with Gasteiger partial charge in [-0.15, -0.1) is 0 Å². The summed E-state index contributed by atoms with van der Waals surface area (Å²) in [6, 6.07) is 21.1. The molecule has 5 heteroatoms. The van der Waals surface area contributed by atoms with E-state index in [1.807, 2.05) is 30.3 Å². The first-order chi connectivity index (χ1) is 13.2.